The summed E-state index contributed by atoms with van der Waals surface area (Å²) in [4.78, 5) is 11.4. The van der Waals surface area contributed by atoms with Crippen LogP contribution in [0.3, 0.4) is 0 Å². The summed E-state index contributed by atoms with van der Waals surface area (Å²) in [5.74, 6) is 0.616. The summed E-state index contributed by atoms with van der Waals surface area (Å²) in [7, 11) is 0. The number of ether oxygens (including phenoxy) is 1. The van der Waals surface area contributed by atoms with Gasteiger partial charge in [-0.2, -0.15) is 5.10 Å². The van der Waals surface area contributed by atoms with E-state index in [4.69, 9.17) is 16.3 Å². The van der Waals surface area contributed by atoms with Crippen LogP contribution in [0.25, 0.3) is 28.1 Å². The van der Waals surface area contributed by atoms with Gasteiger partial charge >= 0.3 is 0 Å². The second-order valence-corrected chi connectivity index (χ2v) is 7.35. The Balaban J connectivity index is 1.61. The Hall–Kier alpha value is -3.05. The molecular weight excluding hydrogens is 374 g/mol. The van der Waals surface area contributed by atoms with Crippen LogP contribution in [0.5, 0.6) is 5.75 Å². The van der Waals surface area contributed by atoms with Gasteiger partial charge in [-0.3, -0.25) is 9.89 Å². The van der Waals surface area contributed by atoms with E-state index in [1.54, 1.807) is 6.08 Å². The summed E-state index contributed by atoms with van der Waals surface area (Å²) in [5, 5.41) is 10.9. The molecule has 142 valence electrons. The van der Waals surface area contributed by atoms with Crippen molar-refractivity contribution < 1.29 is 9.53 Å². The zero-order chi connectivity index (χ0) is 19.7. The Morgan fingerprint density at radius 2 is 1.89 bits per heavy atom. The third-order valence-corrected chi connectivity index (χ3v) is 4.77. The maximum atomic E-state index is 11.4. The molecule has 5 nitrogen and oxygen atoms in total. The molecule has 0 saturated carbocycles. The Labute approximate surface area is 168 Å². The highest BCUT2D eigenvalue weighted by molar-refractivity contribution is 6.32. The van der Waals surface area contributed by atoms with Crippen LogP contribution in [-0.4, -0.2) is 28.8 Å². The fourth-order valence-corrected chi connectivity index (χ4v) is 3.37. The van der Waals surface area contributed by atoms with Crippen molar-refractivity contribution in [1.82, 2.24) is 15.5 Å². The molecule has 1 amide bonds. The van der Waals surface area contributed by atoms with Crippen LogP contribution in [0.2, 0.25) is 5.02 Å². The van der Waals surface area contributed by atoms with Crippen molar-refractivity contribution in [2.24, 2.45) is 0 Å². The second kappa shape index (κ2) is 7.52. The van der Waals surface area contributed by atoms with Gasteiger partial charge in [-0.15, -0.1) is 0 Å². The van der Waals surface area contributed by atoms with Crippen LogP contribution < -0.4 is 10.1 Å². The molecule has 0 atom stereocenters. The predicted molar refractivity (Wildman–Crippen MR) is 111 cm³/mol. The number of H-pyrrole nitrogens is 1. The van der Waals surface area contributed by atoms with E-state index in [0.29, 0.717) is 17.3 Å². The van der Waals surface area contributed by atoms with Gasteiger partial charge in [0.2, 0.25) is 5.91 Å². The SMILES string of the molecule is CC(C)Oc1ccc(-c2cc(-c3cccc(C4=CC(=O)NC4)c3)n[nH]2)cc1Cl. The number of halogens is 1. The summed E-state index contributed by atoms with van der Waals surface area (Å²) in [5.41, 5.74) is 5.60. The lowest BCUT2D eigenvalue weighted by Gasteiger charge is -2.11. The van der Waals surface area contributed by atoms with Gasteiger partial charge in [0.15, 0.2) is 0 Å². The smallest absolute Gasteiger partial charge is 0.244 e. The first-order valence-corrected chi connectivity index (χ1v) is 9.48. The van der Waals surface area contributed by atoms with Crippen molar-refractivity contribution in [3.8, 4) is 28.3 Å². The van der Waals surface area contributed by atoms with Crippen LogP contribution >= 0.6 is 11.6 Å². The molecule has 0 saturated heterocycles. The molecule has 2 aromatic carbocycles. The average Bonchev–Trinajstić information content (AvgIpc) is 3.33. The minimum Gasteiger partial charge on any atom is -0.489 e. The summed E-state index contributed by atoms with van der Waals surface area (Å²) in [6.07, 6.45) is 1.70. The van der Waals surface area contributed by atoms with Gasteiger partial charge < -0.3 is 10.1 Å². The van der Waals surface area contributed by atoms with Crippen molar-refractivity contribution in [2.45, 2.75) is 20.0 Å². The largest absolute Gasteiger partial charge is 0.489 e. The zero-order valence-electron chi connectivity index (χ0n) is 15.6. The molecule has 1 aliphatic rings. The predicted octanol–water partition coefficient (Wildman–Crippen LogP) is 4.70. The van der Waals surface area contributed by atoms with Gasteiger partial charge in [0.1, 0.15) is 5.75 Å². The average molecular weight is 394 g/mol. The molecule has 1 aliphatic heterocycles. The number of amides is 1. The number of hydrogen-bond acceptors (Lipinski definition) is 3. The quantitative estimate of drug-likeness (QED) is 0.660. The fraction of sp³-hybridized carbons (Fsp3) is 0.182. The number of benzene rings is 2. The van der Waals surface area contributed by atoms with Gasteiger partial charge in [0.25, 0.3) is 0 Å². The summed E-state index contributed by atoms with van der Waals surface area (Å²) in [6.45, 7) is 4.48. The van der Waals surface area contributed by atoms with E-state index in [0.717, 1.165) is 33.7 Å². The van der Waals surface area contributed by atoms with Gasteiger partial charge in [-0.25, -0.2) is 0 Å². The molecule has 4 rings (SSSR count). The van der Waals surface area contributed by atoms with Gasteiger partial charge in [-0.05, 0) is 55.3 Å². The summed E-state index contributed by atoms with van der Waals surface area (Å²) < 4.78 is 5.69. The van der Waals surface area contributed by atoms with E-state index >= 15 is 0 Å². The topological polar surface area (TPSA) is 67.0 Å². The monoisotopic (exact) mass is 393 g/mol. The number of aromatic amines is 1. The number of hydrogen-bond donors (Lipinski definition) is 2. The summed E-state index contributed by atoms with van der Waals surface area (Å²) in [6, 6.07) is 15.7. The first-order chi connectivity index (χ1) is 13.5. The van der Waals surface area contributed by atoms with E-state index < -0.39 is 0 Å². The van der Waals surface area contributed by atoms with Crippen LogP contribution in [0.15, 0.2) is 54.6 Å². The highest BCUT2D eigenvalue weighted by atomic mass is 35.5. The van der Waals surface area contributed by atoms with E-state index in [-0.39, 0.29) is 12.0 Å². The second-order valence-electron chi connectivity index (χ2n) is 6.95. The first kappa shape index (κ1) is 18.3. The number of aromatic nitrogens is 2. The minimum atomic E-state index is -0.0516. The maximum absolute atomic E-state index is 11.4. The summed E-state index contributed by atoms with van der Waals surface area (Å²) >= 11 is 6.35. The molecule has 1 aromatic heterocycles. The van der Waals surface area contributed by atoms with Gasteiger partial charge in [0.05, 0.1) is 22.5 Å². The highest BCUT2D eigenvalue weighted by Gasteiger charge is 2.14. The molecule has 0 bridgehead atoms. The van der Waals surface area contributed by atoms with E-state index in [9.17, 15) is 4.79 Å². The fourth-order valence-electron chi connectivity index (χ4n) is 3.14. The van der Waals surface area contributed by atoms with Crippen molar-refractivity contribution >= 4 is 23.1 Å². The van der Waals surface area contributed by atoms with Crippen molar-refractivity contribution in [3.05, 3.63) is 65.2 Å². The van der Waals surface area contributed by atoms with E-state index in [1.807, 2.05) is 62.4 Å². The normalized spacial score (nSPS) is 13.6. The standard InChI is InChI=1S/C22H20ClN3O2/c1-13(2)28-21-7-6-16(9-18(21)23)20-11-19(25-26-20)15-5-3-4-14(8-15)17-10-22(27)24-12-17/h3-11,13H,12H2,1-2H3,(H,24,27)(H,25,26). The number of nitrogens with zero attached hydrogens (tertiary/aromatic N) is 1. The van der Waals surface area contributed by atoms with Gasteiger partial charge in [0, 0.05) is 23.7 Å². The number of carbonyl (C=O) groups excluding carboxylic acids is 1. The van der Waals surface area contributed by atoms with E-state index in [1.165, 1.54) is 0 Å². The van der Waals surface area contributed by atoms with Crippen LogP contribution in [-0.2, 0) is 4.79 Å². The van der Waals surface area contributed by atoms with Crippen molar-refractivity contribution in [1.29, 1.82) is 0 Å². The lowest BCUT2D eigenvalue weighted by atomic mass is 10.0. The minimum absolute atomic E-state index is 0.0516. The molecule has 0 aliphatic carbocycles. The molecule has 2 heterocycles. The van der Waals surface area contributed by atoms with Crippen molar-refractivity contribution in [3.63, 3.8) is 0 Å². The molecule has 0 fully saturated rings. The third kappa shape index (κ3) is 3.80. The molecule has 0 radical (unpaired) electrons. The first-order valence-electron chi connectivity index (χ1n) is 9.11. The zero-order valence-corrected chi connectivity index (χ0v) is 16.4. The molecule has 2 N–H and O–H groups in total. The molecular formula is C22H20ClN3O2. The maximum Gasteiger partial charge on any atom is 0.244 e. The van der Waals surface area contributed by atoms with Crippen molar-refractivity contribution in [2.75, 3.05) is 6.54 Å². The Bertz CT molecular complexity index is 1070. The van der Waals surface area contributed by atoms with Crippen LogP contribution in [0.4, 0.5) is 0 Å². The van der Waals surface area contributed by atoms with Crippen LogP contribution in [0.1, 0.15) is 19.4 Å². The van der Waals surface area contributed by atoms with Gasteiger partial charge in [-0.1, -0.05) is 29.8 Å². The molecule has 0 spiro atoms. The number of carbonyl (C=O) groups is 1. The number of nitrogens with one attached hydrogen (secondary N) is 2. The Kier molecular flexibility index (Phi) is 4.92. The highest BCUT2D eigenvalue weighted by Crippen LogP contribution is 2.32. The molecule has 0 unspecified atom stereocenters. The lowest BCUT2D eigenvalue weighted by Crippen LogP contribution is -2.14. The van der Waals surface area contributed by atoms with E-state index in [2.05, 4.69) is 15.5 Å². The Morgan fingerprint density at radius 1 is 1.07 bits per heavy atom. The molecule has 28 heavy (non-hydrogen) atoms. The lowest BCUT2D eigenvalue weighted by molar-refractivity contribution is -0.115. The molecule has 6 heteroatoms. The molecule has 3 aromatic rings. The number of rotatable bonds is 5. The Morgan fingerprint density at radius 3 is 2.61 bits per heavy atom. The van der Waals surface area contributed by atoms with Crippen LogP contribution in [0, 0.1) is 0 Å². The third-order valence-electron chi connectivity index (χ3n) is 4.47.